The lowest BCUT2D eigenvalue weighted by Crippen LogP contribution is -2.51. The first-order chi connectivity index (χ1) is 26.8. The number of guanidine groups is 1. The molecule has 8 N–H and O–H groups in total. The molecule has 13 heteroatoms. The summed E-state index contributed by atoms with van der Waals surface area (Å²) in [6, 6.07) is 17.0. The molecular weight excluding hydrogens is 711 g/mol. The van der Waals surface area contributed by atoms with Crippen LogP contribution >= 0.6 is 0 Å². The van der Waals surface area contributed by atoms with Gasteiger partial charge in [-0.25, -0.2) is 0 Å². The van der Waals surface area contributed by atoms with E-state index < -0.39 is 41.8 Å². The molecule has 0 radical (unpaired) electrons. The van der Waals surface area contributed by atoms with E-state index >= 15 is 0 Å². The molecular formula is C43H63N7O6. The first-order valence-electron chi connectivity index (χ1n) is 20.3. The predicted molar refractivity (Wildman–Crippen MR) is 217 cm³/mol. The van der Waals surface area contributed by atoms with Crippen molar-refractivity contribution in [3.8, 4) is 0 Å². The van der Waals surface area contributed by atoms with Gasteiger partial charge in [-0.2, -0.15) is 0 Å². The lowest BCUT2D eigenvalue weighted by atomic mass is 9.87. The van der Waals surface area contributed by atoms with Gasteiger partial charge in [0.2, 0.25) is 11.8 Å². The average molecular weight is 774 g/mol. The Morgan fingerprint density at radius 3 is 2.02 bits per heavy atom. The van der Waals surface area contributed by atoms with Crippen molar-refractivity contribution in [1.82, 2.24) is 15.1 Å². The van der Waals surface area contributed by atoms with Crippen LogP contribution in [0.15, 0.2) is 65.7 Å². The minimum Gasteiger partial charge on any atom is -0.480 e. The molecule has 2 fully saturated rings. The van der Waals surface area contributed by atoms with Crippen LogP contribution in [0.5, 0.6) is 0 Å². The summed E-state index contributed by atoms with van der Waals surface area (Å²) in [5, 5.41) is 12.7. The molecule has 2 aliphatic heterocycles. The van der Waals surface area contributed by atoms with Crippen molar-refractivity contribution in [2.24, 2.45) is 39.9 Å². The van der Waals surface area contributed by atoms with Crippen LogP contribution in [0.2, 0.25) is 0 Å². The molecule has 2 aromatic carbocycles. The first-order valence-corrected chi connectivity index (χ1v) is 20.3. The summed E-state index contributed by atoms with van der Waals surface area (Å²) in [6.45, 7) is 6.08. The number of likely N-dealkylation sites (tertiary alicyclic amines) is 2. The lowest BCUT2D eigenvalue weighted by molar-refractivity contribution is -0.145. The van der Waals surface area contributed by atoms with Gasteiger partial charge < -0.3 is 32.5 Å². The molecule has 2 saturated heterocycles. The van der Waals surface area contributed by atoms with Gasteiger partial charge in [-0.15, -0.1) is 0 Å². The van der Waals surface area contributed by atoms with Crippen LogP contribution < -0.4 is 22.5 Å². The topological polar surface area (TPSA) is 215 Å². The van der Waals surface area contributed by atoms with E-state index in [4.69, 9.17) is 17.2 Å². The van der Waals surface area contributed by atoms with Gasteiger partial charge >= 0.3 is 5.97 Å². The van der Waals surface area contributed by atoms with Crippen molar-refractivity contribution in [2.45, 2.75) is 115 Å². The first kappa shape index (κ1) is 44.1. The fourth-order valence-electron chi connectivity index (χ4n) is 8.14. The third-order valence-electron chi connectivity index (χ3n) is 11.1. The zero-order valence-corrected chi connectivity index (χ0v) is 33.2. The standard InChI is InChI=1S/C43H63N7O6/c1-29(2)24-36(48-40(53)33(25-30-12-5-3-6-13-30)28-38(51)35(44)26-31-14-7-4-8-15-31)39(52)27-32(16-9-10-20-47-43(45)46)41(54)49-22-18-34(19-23-49)50-21-11-17-37(50)42(55)56/h3-8,12-15,29,32-37H,9-11,16-28,44H2,1-2H3,(H,48,53)(H,55,56)(H4,45,46,47)/t32-,33-,35+,36+,37?/m0/s1. The Labute approximate surface area is 331 Å². The van der Waals surface area contributed by atoms with E-state index in [1.165, 1.54) is 0 Å². The fourth-order valence-corrected chi connectivity index (χ4v) is 8.14. The van der Waals surface area contributed by atoms with E-state index in [2.05, 4.69) is 15.2 Å². The number of nitrogens with two attached hydrogens (primary N) is 3. The molecule has 5 atom stereocenters. The van der Waals surface area contributed by atoms with Gasteiger partial charge in [-0.3, -0.25) is 33.9 Å². The summed E-state index contributed by atoms with van der Waals surface area (Å²) in [6.07, 6.45) is 5.44. The highest BCUT2D eigenvalue weighted by Crippen LogP contribution is 2.28. The van der Waals surface area contributed by atoms with Crippen LogP contribution in [-0.2, 0) is 36.8 Å². The Bertz CT molecular complexity index is 1610. The van der Waals surface area contributed by atoms with Gasteiger partial charge in [0.15, 0.2) is 17.5 Å². The Balaban J connectivity index is 1.47. The number of carboxylic acid groups (broad SMARTS) is 1. The molecule has 306 valence electrons. The van der Waals surface area contributed by atoms with Crippen molar-refractivity contribution in [3.05, 3.63) is 71.8 Å². The van der Waals surface area contributed by atoms with E-state index in [-0.39, 0.29) is 48.2 Å². The van der Waals surface area contributed by atoms with E-state index in [0.29, 0.717) is 77.4 Å². The zero-order valence-electron chi connectivity index (χ0n) is 33.2. The summed E-state index contributed by atoms with van der Waals surface area (Å²) >= 11 is 0. The molecule has 0 aliphatic carbocycles. The molecule has 1 unspecified atom stereocenters. The van der Waals surface area contributed by atoms with Crippen LogP contribution in [0.1, 0.15) is 89.2 Å². The maximum Gasteiger partial charge on any atom is 0.320 e. The van der Waals surface area contributed by atoms with Crippen LogP contribution in [0.3, 0.4) is 0 Å². The molecule has 0 spiro atoms. The molecule has 0 aromatic heterocycles. The third kappa shape index (κ3) is 13.8. The van der Waals surface area contributed by atoms with Gasteiger partial charge in [-0.1, -0.05) is 80.9 Å². The van der Waals surface area contributed by atoms with Gasteiger partial charge in [0.05, 0.1) is 12.1 Å². The summed E-state index contributed by atoms with van der Waals surface area (Å²) < 4.78 is 0. The molecule has 2 heterocycles. The number of carboxylic acids is 1. The largest absolute Gasteiger partial charge is 0.480 e. The van der Waals surface area contributed by atoms with Crippen LogP contribution in [-0.4, -0.2) is 101 Å². The number of piperidine rings is 1. The summed E-state index contributed by atoms with van der Waals surface area (Å²) in [5.41, 5.74) is 19.2. The van der Waals surface area contributed by atoms with Crippen LogP contribution in [0, 0.1) is 17.8 Å². The quantitative estimate of drug-likeness (QED) is 0.0668. The summed E-state index contributed by atoms with van der Waals surface area (Å²) in [7, 11) is 0. The van der Waals surface area contributed by atoms with Gasteiger partial charge in [-0.05, 0) is 81.4 Å². The Kier molecular flexibility index (Phi) is 17.5. The number of unbranched alkanes of at least 4 members (excludes halogenated alkanes) is 1. The number of carbonyl (C=O) groups excluding carboxylic acids is 4. The molecule has 2 aromatic rings. The number of rotatable bonds is 22. The number of aliphatic imine (C=N–C) groups is 1. The molecule has 0 saturated carbocycles. The molecule has 2 amide bonds. The molecule has 13 nitrogen and oxygen atoms in total. The van der Waals surface area contributed by atoms with Gasteiger partial charge in [0.1, 0.15) is 6.04 Å². The molecule has 2 aliphatic rings. The average Bonchev–Trinajstić information content (AvgIpc) is 3.68. The maximum absolute atomic E-state index is 14.2. The van der Waals surface area contributed by atoms with Gasteiger partial charge in [0.25, 0.3) is 0 Å². The SMILES string of the molecule is CC(C)C[C@@H](NC(=O)[C@H](CC(=O)[C@H](N)Cc1ccccc1)Cc1ccccc1)C(=O)C[C@H](CCCCN=C(N)N)C(=O)N1CCC(N2CCCC2C(=O)O)CC1. The zero-order chi connectivity index (χ0) is 40.6. The van der Waals surface area contributed by atoms with Crippen molar-refractivity contribution in [1.29, 1.82) is 0 Å². The van der Waals surface area contributed by atoms with E-state index in [1.807, 2.05) is 79.4 Å². The number of hydrogen-bond acceptors (Lipinski definition) is 8. The monoisotopic (exact) mass is 773 g/mol. The Morgan fingerprint density at radius 2 is 1.43 bits per heavy atom. The van der Waals surface area contributed by atoms with Crippen molar-refractivity contribution in [3.63, 3.8) is 0 Å². The smallest absolute Gasteiger partial charge is 0.320 e. The third-order valence-corrected chi connectivity index (χ3v) is 11.1. The summed E-state index contributed by atoms with van der Waals surface area (Å²) in [5.74, 6) is -3.05. The van der Waals surface area contributed by atoms with E-state index in [1.54, 1.807) is 0 Å². The normalized spacial score (nSPS) is 18.5. The number of nitrogens with zero attached hydrogens (tertiary/aromatic N) is 3. The number of amides is 2. The number of aliphatic carboxylic acids is 1. The Hall–Kier alpha value is -4.62. The van der Waals surface area contributed by atoms with Crippen molar-refractivity contribution >= 4 is 35.3 Å². The number of Topliss-reactive ketones (excluding diaryl/α,β-unsaturated/α-hetero) is 2. The molecule has 4 rings (SSSR count). The fraction of sp³-hybridized carbons (Fsp3) is 0.581. The van der Waals surface area contributed by atoms with Crippen LogP contribution in [0.25, 0.3) is 0 Å². The molecule has 56 heavy (non-hydrogen) atoms. The number of nitrogens with one attached hydrogen (secondary N) is 1. The van der Waals surface area contributed by atoms with E-state index in [9.17, 15) is 29.1 Å². The van der Waals surface area contributed by atoms with Crippen LogP contribution in [0.4, 0.5) is 0 Å². The highest BCUT2D eigenvalue weighted by Gasteiger charge is 2.39. The second-order valence-electron chi connectivity index (χ2n) is 16.0. The summed E-state index contributed by atoms with van der Waals surface area (Å²) in [4.78, 5) is 75.8. The Morgan fingerprint density at radius 1 is 0.821 bits per heavy atom. The lowest BCUT2D eigenvalue weighted by Gasteiger charge is -2.39. The number of ketones is 2. The molecule has 0 bridgehead atoms. The van der Waals surface area contributed by atoms with Crippen molar-refractivity contribution < 1.29 is 29.1 Å². The number of benzene rings is 2. The number of carbonyl (C=O) groups is 5. The highest BCUT2D eigenvalue weighted by atomic mass is 16.4. The predicted octanol–water partition coefficient (Wildman–Crippen LogP) is 3.46. The maximum atomic E-state index is 14.2. The number of hydrogen-bond donors (Lipinski definition) is 5. The second kappa shape index (κ2) is 22.2. The highest BCUT2D eigenvalue weighted by molar-refractivity contribution is 5.95. The minimum atomic E-state index is -0.848. The van der Waals surface area contributed by atoms with E-state index in [0.717, 1.165) is 24.1 Å². The second-order valence-corrected chi connectivity index (χ2v) is 16.0. The van der Waals surface area contributed by atoms with Crippen molar-refractivity contribution in [2.75, 3.05) is 26.2 Å². The van der Waals surface area contributed by atoms with Gasteiger partial charge in [0, 0.05) is 50.4 Å². The minimum absolute atomic E-state index is 0.00321.